The lowest BCUT2D eigenvalue weighted by Crippen LogP contribution is -2.48. The van der Waals surface area contributed by atoms with E-state index in [4.69, 9.17) is 9.47 Å². The summed E-state index contributed by atoms with van der Waals surface area (Å²) in [5.41, 5.74) is -0.357. The second-order valence-electron chi connectivity index (χ2n) is 7.35. The molecule has 1 aliphatic rings. The van der Waals surface area contributed by atoms with Crippen molar-refractivity contribution in [3.63, 3.8) is 0 Å². The molecule has 1 heterocycles. The molecule has 0 saturated carbocycles. The zero-order valence-corrected chi connectivity index (χ0v) is 18.2. The molecule has 0 radical (unpaired) electrons. The van der Waals surface area contributed by atoms with Gasteiger partial charge in [-0.1, -0.05) is 0 Å². The fourth-order valence-electron chi connectivity index (χ4n) is 3.23. The molecule has 3 rings (SSSR count). The van der Waals surface area contributed by atoms with E-state index in [2.05, 4.69) is 5.32 Å². The van der Waals surface area contributed by atoms with Gasteiger partial charge in [0.1, 0.15) is 11.6 Å². The summed E-state index contributed by atoms with van der Waals surface area (Å²) in [6.45, 7) is 3.28. The summed E-state index contributed by atoms with van der Waals surface area (Å²) in [5, 5.41) is 2.10. The van der Waals surface area contributed by atoms with Crippen molar-refractivity contribution in [3.8, 4) is 0 Å². The number of benzene rings is 2. The largest absolute Gasteiger partial charge is 0.452 e. The van der Waals surface area contributed by atoms with Gasteiger partial charge in [0.2, 0.25) is 10.0 Å². The quantitative estimate of drug-likeness (QED) is 0.654. The number of morpholine rings is 1. The van der Waals surface area contributed by atoms with Crippen LogP contribution in [0.4, 0.5) is 14.5 Å². The Hall–Kier alpha value is -2.89. The first kappa shape index (κ1) is 23.8. The minimum absolute atomic E-state index is 0.00896. The van der Waals surface area contributed by atoms with Crippen LogP contribution >= 0.6 is 0 Å². The van der Waals surface area contributed by atoms with E-state index < -0.39 is 40.1 Å². The number of ether oxygens (including phenoxy) is 2. The van der Waals surface area contributed by atoms with E-state index in [-0.39, 0.29) is 41.4 Å². The number of amides is 1. The molecular weight excluding hydrogens is 446 g/mol. The number of carbonyl (C=O) groups is 2. The van der Waals surface area contributed by atoms with Crippen LogP contribution in [0, 0.1) is 11.6 Å². The molecule has 1 fully saturated rings. The molecule has 0 aromatic heterocycles. The Balaban J connectivity index is 1.60. The first-order chi connectivity index (χ1) is 15.1. The van der Waals surface area contributed by atoms with Gasteiger partial charge in [0.05, 0.1) is 28.4 Å². The highest BCUT2D eigenvalue weighted by Gasteiger charge is 2.32. The van der Waals surface area contributed by atoms with Crippen molar-refractivity contribution < 1.29 is 36.3 Å². The van der Waals surface area contributed by atoms with Crippen molar-refractivity contribution in [1.82, 2.24) is 4.31 Å². The van der Waals surface area contributed by atoms with Gasteiger partial charge in [0, 0.05) is 19.2 Å². The van der Waals surface area contributed by atoms with Crippen LogP contribution in [0.5, 0.6) is 0 Å². The van der Waals surface area contributed by atoms with Crippen LogP contribution in [0.3, 0.4) is 0 Å². The van der Waals surface area contributed by atoms with Gasteiger partial charge in [-0.3, -0.25) is 4.79 Å². The van der Waals surface area contributed by atoms with E-state index in [1.165, 1.54) is 28.6 Å². The molecule has 1 amide bonds. The molecular formula is C21H22F2N2O6S. The Labute approximate surface area is 184 Å². The molecule has 1 saturated heterocycles. The number of halogens is 2. The topological polar surface area (TPSA) is 102 Å². The van der Waals surface area contributed by atoms with Crippen molar-refractivity contribution in [2.45, 2.75) is 31.0 Å². The van der Waals surface area contributed by atoms with Crippen LogP contribution in [0.1, 0.15) is 24.2 Å². The van der Waals surface area contributed by atoms with Crippen LogP contribution in [-0.2, 0) is 24.3 Å². The Kier molecular flexibility index (Phi) is 7.22. The lowest BCUT2D eigenvalue weighted by molar-refractivity contribution is -0.119. The summed E-state index contributed by atoms with van der Waals surface area (Å²) < 4.78 is 64.1. The van der Waals surface area contributed by atoms with Crippen LogP contribution in [-0.4, -0.2) is 56.5 Å². The van der Waals surface area contributed by atoms with Crippen molar-refractivity contribution >= 4 is 27.6 Å². The molecule has 1 aliphatic heterocycles. The number of nitrogens with one attached hydrogen (secondary N) is 1. The number of anilines is 1. The normalized spacial score (nSPS) is 19.4. The summed E-state index contributed by atoms with van der Waals surface area (Å²) in [6.07, 6.45) is -0.482. The van der Waals surface area contributed by atoms with E-state index in [1.54, 1.807) is 13.8 Å². The zero-order chi connectivity index (χ0) is 23.5. The van der Waals surface area contributed by atoms with Gasteiger partial charge in [0.25, 0.3) is 5.91 Å². The highest BCUT2D eigenvalue weighted by atomic mass is 32.2. The highest BCUT2D eigenvalue weighted by Crippen LogP contribution is 2.22. The van der Waals surface area contributed by atoms with E-state index in [0.717, 1.165) is 18.2 Å². The minimum Gasteiger partial charge on any atom is -0.452 e. The molecule has 2 unspecified atom stereocenters. The number of rotatable bonds is 6. The summed E-state index contributed by atoms with van der Waals surface area (Å²) in [4.78, 5) is 24.0. The van der Waals surface area contributed by atoms with Crippen molar-refractivity contribution in [2.24, 2.45) is 0 Å². The number of sulfonamides is 1. The molecule has 0 bridgehead atoms. The summed E-state index contributed by atoms with van der Waals surface area (Å²) in [6, 6.07) is 7.64. The smallest absolute Gasteiger partial charge is 0.338 e. The molecule has 8 nitrogen and oxygen atoms in total. The zero-order valence-electron chi connectivity index (χ0n) is 17.4. The van der Waals surface area contributed by atoms with Gasteiger partial charge in [-0.2, -0.15) is 4.31 Å². The van der Waals surface area contributed by atoms with E-state index in [0.29, 0.717) is 0 Å². The average molecular weight is 468 g/mol. The molecule has 2 aromatic rings. The van der Waals surface area contributed by atoms with Gasteiger partial charge in [0.15, 0.2) is 6.61 Å². The highest BCUT2D eigenvalue weighted by molar-refractivity contribution is 7.89. The minimum atomic E-state index is -3.77. The third kappa shape index (κ3) is 5.67. The molecule has 1 N–H and O–H groups in total. The fraction of sp³-hybridized carbons (Fsp3) is 0.333. The third-order valence-electron chi connectivity index (χ3n) is 4.65. The standard InChI is InChI=1S/C21H22F2N2O6S/c1-13-10-25(11-14(2)31-13)32(28,29)17-6-3-15(4-7-17)21(27)30-12-20(26)24-19-9-16(22)5-8-18(19)23/h3-9,13-14H,10-12H2,1-2H3,(H,24,26). The molecule has 172 valence electrons. The first-order valence-electron chi connectivity index (χ1n) is 9.74. The van der Waals surface area contributed by atoms with Gasteiger partial charge >= 0.3 is 5.97 Å². The first-order valence-corrected chi connectivity index (χ1v) is 11.2. The van der Waals surface area contributed by atoms with Gasteiger partial charge in [-0.25, -0.2) is 22.0 Å². The Morgan fingerprint density at radius 2 is 1.72 bits per heavy atom. The van der Waals surface area contributed by atoms with Crippen molar-refractivity contribution in [1.29, 1.82) is 0 Å². The van der Waals surface area contributed by atoms with Crippen LogP contribution in [0.2, 0.25) is 0 Å². The fourth-order valence-corrected chi connectivity index (χ4v) is 4.82. The van der Waals surface area contributed by atoms with Gasteiger partial charge in [-0.15, -0.1) is 0 Å². The summed E-state index contributed by atoms with van der Waals surface area (Å²) in [7, 11) is -3.77. The number of hydrogen-bond acceptors (Lipinski definition) is 6. The predicted molar refractivity (Wildman–Crippen MR) is 110 cm³/mol. The monoisotopic (exact) mass is 468 g/mol. The van der Waals surface area contributed by atoms with E-state index in [9.17, 15) is 26.8 Å². The molecule has 32 heavy (non-hydrogen) atoms. The summed E-state index contributed by atoms with van der Waals surface area (Å²) in [5.74, 6) is -3.32. The summed E-state index contributed by atoms with van der Waals surface area (Å²) >= 11 is 0. The van der Waals surface area contributed by atoms with Crippen molar-refractivity contribution in [2.75, 3.05) is 25.0 Å². The van der Waals surface area contributed by atoms with Crippen molar-refractivity contribution in [3.05, 3.63) is 59.7 Å². The lowest BCUT2D eigenvalue weighted by atomic mass is 10.2. The predicted octanol–water partition coefficient (Wildman–Crippen LogP) is 2.56. The van der Waals surface area contributed by atoms with Gasteiger partial charge in [-0.05, 0) is 50.2 Å². The number of nitrogens with zero attached hydrogens (tertiary/aromatic N) is 1. The average Bonchev–Trinajstić information content (AvgIpc) is 2.74. The third-order valence-corrected chi connectivity index (χ3v) is 6.50. The second-order valence-corrected chi connectivity index (χ2v) is 9.29. The number of esters is 1. The molecule has 0 spiro atoms. The van der Waals surface area contributed by atoms with E-state index in [1.807, 2.05) is 0 Å². The van der Waals surface area contributed by atoms with Crippen LogP contribution in [0.25, 0.3) is 0 Å². The number of carbonyl (C=O) groups excluding carboxylic acids is 2. The molecule has 2 aromatic carbocycles. The Bertz CT molecular complexity index is 1100. The maximum absolute atomic E-state index is 13.6. The maximum Gasteiger partial charge on any atom is 0.338 e. The molecule has 11 heteroatoms. The SMILES string of the molecule is CC1CN(S(=O)(=O)c2ccc(C(=O)OCC(=O)Nc3cc(F)ccc3F)cc2)CC(C)O1. The van der Waals surface area contributed by atoms with E-state index >= 15 is 0 Å². The maximum atomic E-state index is 13.6. The molecule has 2 atom stereocenters. The molecule has 0 aliphatic carbocycles. The van der Waals surface area contributed by atoms with Crippen LogP contribution < -0.4 is 5.32 Å². The lowest BCUT2D eigenvalue weighted by Gasteiger charge is -2.34. The Morgan fingerprint density at radius 1 is 1.09 bits per heavy atom. The number of hydrogen-bond donors (Lipinski definition) is 1. The van der Waals surface area contributed by atoms with Gasteiger partial charge < -0.3 is 14.8 Å². The second kappa shape index (κ2) is 9.72. The Morgan fingerprint density at radius 3 is 2.34 bits per heavy atom. The van der Waals surface area contributed by atoms with Crippen LogP contribution in [0.15, 0.2) is 47.4 Å².